The van der Waals surface area contributed by atoms with E-state index in [1.165, 1.54) is 5.56 Å². The van der Waals surface area contributed by atoms with Gasteiger partial charge in [-0.25, -0.2) is 0 Å². The summed E-state index contributed by atoms with van der Waals surface area (Å²) in [5, 5.41) is 4.13. The van der Waals surface area contributed by atoms with Gasteiger partial charge in [-0.2, -0.15) is 11.3 Å². The first-order chi connectivity index (χ1) is 4.81. The highest BCUT2D eigenvalue weighted by Gasteiger charge is 2.35. The molecule has 1 aromatic rings. The molecule has 62 valence electrons. The monoisotopic (exact) mass is 191 g/mol. The van der Waals surface area contributed by atoms with Gasteiger partial charge in [0.15, 0.2) is 0 Å². The lowest BCUT2D eigenvalue weighted by Crippen LogP contribution is -2.53. The van der Waals surface area contributed by atoms with Crippen molar-refractivity contribution in [3.8, 4) is 0 Å². The first-order valence-electron chi connectivity index (χ1n) is 3.21. The summed E-state index contributed by atoms with van der Waals surface area (Å²) in [7, 11) is 0. The standard InChI is InChI=1S/C7H9NOS.ClH/c8-7(4-9-5-7)6-1-2-10-3-6;/h1-3H,4-5,8H2;1H. The predicted octanol–water partition coefficient (Wildman–Crippen LogP) is 1.35. The van der Waals surface area contributed by atoms with E-state index < -0.39 is 0 Å². The third-order valence-corrected chi connectivity index (χ3v) is 2.50. The Balaban J connectivity index is 0.000000605. The molecule has 2 rings (SSSR count). The average Bonchev–Trinajstić information content (AvgIpc) is 2.33. The van der Waals surface area contributed by atoms with Crippen molar-refractivity contribution < 1.29 is 4.74 Å². The molecule has 2 nitrogen and oxygen atoms in total. The Labute approximate surface area is 75.8 Å². The van der Waals surface area contributed by atoms with Crippen molar-refractivity contribution in [3.63, 3.8) is 0 Å². The van der Waals surface area contributed by atoms with Gasteiger partial charge in [0, 0.05) is 0 Å². The zero-order valence-electron chi connectivity index (χ0n) is 5.95. The van der Waals surface area contributed by atoms with Gasteiger partial charge in [-0.1, -0.05) is 0 Å². The van der Waals surface area contributed by atoms with Crippen LogP contribution in [0.15, 0.2) is 16.8 Å². The molecule has 0 atom stereocenters. The number of rotatable bonds is 1. The van der Waals surface area contributed by atoms with Crippen LogP contribution in [0.25, 0.3) is 0 Å². The van der Waals surface area contributed by atoms with Crippen molar-refractivity contribution in [2.75, 3.05) is 13.2 Å². The van der Waals surface area contributed by atoms with Crippen LogP contribution in [0.4, 0.5) is 0 Å². The predicted molar refractivity (Wildman–Crippen MR) is 48.3 cm³/mol. The van der Waals surface area contributed by atoms with E-state index in [9.17, 15) is 0 Å². The Hall–Kier alpha value is -0.0900. The van der Waals surface area contributed by atoms with Crippen molar-refractivity contribution in [1.29, 1.82) is 0 Å². The van der Waals surface area contributed by atoms with Crippen LogP contribution in [-0.2, 0) is 10.3 Å². The minimum Gasteiger partial charge on any atom is -0.377 e. The summed E-state index contributed by atoms with van der Waals surface area (Å²) in [6.45, 7) is 1.34. The molecule has 2 N–H and O–H groups in total. The van der Waals surface area contributed by atoms with Crippen molar-refractivity contribution in [3.05, 3.63) is 22.4 Å². The molecule has 2 heterocycles. The molecule has 11 heavy (non-hydrogen) atoms. The second-order valence-electron chi connectivity index (χ2n) is 2.66. The van der Waals surface area contributed by atoms with Gasteiger partial charge in [0.25, 0.3) is 0 Å². The molecule has 0 bridgehead atoms. The molecular weight excluding hydrogens is 182 g/mol. The lowest BCUT2D eigenvalue weighted by Gasteiger charge is -2.37. The number of halogens is 1. The lowest BCUT2D eigenvalue weighted by molar-refractivity contribution is -0.0567. The Morgan fingerprint density at radius 3 is 2.64 bits per heavy atom. The third kappa shape index (κ3) is 1.42. The summed E-state index contributed by atoms with van der Waals surface area (Å²) < 4.78 is 5.04. The van der Waals surface area contributed by atoms with Gasteiger partial charge in [-0.05, 0) is 22.4 Å². The highest BCUT2D eigenvalue weighted by Crippen LogP contribution is 2.27. The average molecular weight is 192 g/mol. The molecule has 1 saturated heterocycles. The van der Waals surface area contributed by atoms with Gasteiger partial charge < -0.3 is 10.5 Å². The fourth-order valence-corrected chi connectivity index (χ4v) is 1.80. The van der Waals surface area contributed by atoms with Crippen LogP contribution >= 0.6 is 23.7 Å². The minimum atomic E-state index is -0.167. The van der Waals surface area contributed by atoms with Gasteiger partial charge in [-0.15, -0.1) is 12.4 Å². The van der Waals surface area contributed by atoms with E-state index in [1.54, 1.807) is 11.3 Å². The maximum atomic E-state index is 5.95. The molecular formula is C7H10ClNOS. The van der Waals surface area contributed by atoms with E-state index in [0.717, 1.165) is 0 Å². The van der Waals surface area contributed by atoms with Crippen LogP contribution < -0.4 is 5.73 Å². The fraction of sp³-hybridized carbons (Fsp3) is 0.429. The maximum absolute atomic E-state index is 5.95. The van der Waals surface area contributed by atoms with Crippen molar-refractivity contribution >= 4 is 23.7 Å². The zero-order valence-corrected chi connectivity index (χ0v) is 7.58. The molecule has 1 aliphatic heterocycles. The van der Waals surface area contributed by atoms with Crippen LogP contribution in [0, 0.1) is 0 Å². The molecule has 1 aromatic heterocycles. The van der Waals surface area contributed by atoms with Gasteiger partial charge in [0.1, 0.15) is 0 Å². The molecule has 0 unspecified atom stereocenters. The summed E-state index contributed by atoms with van der Waals surface area (Å²) in [6.07, 6.45) is 0. The number of thiophene rings is 1. The summed E-state index contributed by atoms with van der Waals surface area (Å²) in [4.78, 5) is 0. The molecule has 0 spiro atoms. The van der Waals surface area contributed by atoms with Crippen molar-refractivity contribution in [1.82, 2.24) is 0 Å². The molecule has 0 saturated carbocycles. The topological polar surface area (TPSA) is 35.2 Å². The first kappa shape index (κ1) is 9.00. The molecule has 1 aliphatic rings. The first-order valence-corrected chi connectivity index (χ1v) is 4.15. The SMILES string of the molecule is Cl.NC1(c2ccsc2)COC1. The zero-order chi connectivity index (χ0) is 7.03. The highest BCUT2D eigenvalue weighted by atomic mass is 35.5. The van der Waals surface area contributed by atoms with Crippen molar-refractivity contribution in [2.24, 2.45) is 5.73 Å². The highest BCUT2D eigenvalue weighted by molar-refractivity contribution is 7.08. The van der Waals surface area contributed by atoms with E-state index in [2.05, 4.69) is 11.4 Å². The van der Waals surface area contributed by atoms with Crippen LogP contribution in [-0.4, -0.2) is 13.2 Å². The quantitative estimate of drug-likeness (QED) is 0.728. The minimum absolute atomic E-state index is 0. The molecule has 0 aliphatic carbocycles. The maximum Gasteiger partial charge on any atom is 0.0891 e. The second-order valence-corrected chi connectivity index (χ2v) is 3.44. The summed E-state index contributed by atoms with van der Waals surface area (Å²) in [5.41, 5.74) is 7.00. The van der Waals surface area contributed by atoms with Crippen LogP contribution in [0.3, 0.4) is 0 Å². The van der Waals surface area contributed by atoms with Gasteiger partial charge in [-0.3, -0.25) is 0 Å². The number of hydrogen-bond acceptors (Lipinski definition) is 3. The summed E-state index contributed by atoms with van der Waals surface area (Å²) in [5.74, 6) is 0. The van der Waals surface area contributed by atoms with Gasteiger partial charge in [0.05, 0.1) is 18.8 Å². The van der Waals surface area contributed by atoms with Crippen LogP contribution in [0.5, 0.6) is 0 Å². The molecule has 0 radical (unpaired) electrons. The lowest BCUT2D eigenvalue weighted by atomic mass is 9.92. The number of hydrogen-bond donors (Lipinski definition) is 1. The molecule has 0 aromatic carbocycles. The van der Waals surface area contributed by atoms with E-state index >= 15 is 0 Å². The Kier molecular flexibility index (Phi) is 2.54. The Morgan fingerprint density at radius 2 is 2.27 bits per heavy atom. The number of ether oxygens (including phenoxy) is 1. The number of nitrogens with two attached hydrogens (primary N) is 1. The van der Waals surface area contributed by atoms with Crippen LogP contribution in [0.2, 0.25) is 0 Å². The largest absolute Gasteiger partial charge is 0.377 e. The van der Waals surface area contributed by atoms with E-state index in [-0.39, 0.29) is 17.9 Å². The summed E-state index contributed by atoms with van der Waals surface area (Å²) in [6, 6.07) is 2.06. The summed E-state index contributed by atoms with van der Waals surface area (Å²) >= 11 is 1.68. The molecule has 1 fully saturated rings. The van der Waals surface area contributed by atoms with E-state index in [4.69, 9.17) is 10.5 Å². The van der Waals surface area contributed by atoms with Crippen molar-refractivity contribution in [2.45, 2.75) is 5.54 Å². The Morgan fingerprint density at radius 1 is 1.55 bits per heavy atom. The van der Waals surface area contributed by atoms with E-state index in [1.807, 2.05) is 5.38 Å². The smallest absolute Gasteiger partial charge is 0.0891 e. The normalized spacial score (nSPS) is 20.1. The Bertz CT molecular complexity index is 220. The molecule has 4 heteroatoms. The van der Waals surface area contributed by atoms with Gasteiger partial charge >= 0.3 is 0 Å². The van der Waals surface area contributed by atoms with Gasteiger partial charge in [0.2, 0.25) is 0 Å². The van der Waals surface area contributed by atoms with E-state index in [0.29, 0.717) is 13.2 Å². The third-order valence-electron chi connectivity index (χ3n) is 1.82. The second kappa shape index (κ2) is 3.11. The molecule has 0 amide bonds. The fourth-order valence-electron chi connectivity index (χ4n) is 1.04. The van der Waals surface area contributed by atoms with Crippen LogP contribution in [0.1, 0.15) is 5.56 Å².